The molecule has 5 rings (SSSR count). The van der Waals surface area contributed by atoms with E-state index in [1.54, 1.807) is 6.20 Å². The van der Waals surface area contributed by atoms with E-state index >= 15 is 0 Å². The fraction of sp³-hybridized carbons (Fsp3) is 0.423. The van der Waals surface area contributed by atoms with Gasteiger partial charge in [-0.2, -0.15) is 0 Å². The number of amides is 1. The Morgan fingerprint density at radius 3 is 2.71 bits per heavy atom. The number of rotatable bonds is 7. The molecule has 0 saturated heterocycles. The fourth-order valence-electron chi connectivity index (χ4n) is 5.35. The molecule has 1 aliphatic heterocycles. The van der Waals surface area contributed by atoms with Crippen LogP contribution < -0.4 is 16.1 Å². The number of halogens is 2. The fourth-order valence-corrected chi connectivity index (χ4v) is 6.05. The molecule has 2 aliphatic rings. The molecule has 200 valence electrons. The van der Waals surface area contributed by atoms with Gasteiger partial charge in [0.1, 0.15) is 16.5 Å². The lowest BCUT2D eigenvalue weighted by atomic mass is 9.82. The second-order valence-corrected chi connectivity index (χ2v) is 10.8. The van der Waals surface area contributed by atoms with Crippen molar-refractivity contribution in [3.8, 4) is 0 Å². The Hall–Kier alpha value is -3.38. The molecule has 0 unspecified atom stereocenters. The van der Waals surface area contributed by atoms with Crippen molar-refractivity contribution in [2.24, 2.45) is 13.0 Å². The summed E-state index contributed by atoms with van der Waals surface area (Å²) < 4.78 is 30.5. The summed E-state index contributed by atoms with van der Waals surface area (Å²) in [5, 5.41) is 16.2. The number of hydrogen-bond donors (Lipinski definition) is 3. The number of pyridine rings is 1. The number of carboxylic acids is 1. The Bertz CT molecular complexity index is 1490. The summed E-state index contributed by atoms with van der Waals surface area (Å²) in [5.41, 5.74) is -0.354. The Balaban J connectivity index is 1.20. The minimum atomic E-state index is -1.36. The molecule has 9 nitrogen and oxygen atoms in total. The van der Waals surface area contributed by atoms with Crippen molar-refractivity contribution in [1.29, 1.82) is 0 Å². The zero-order valence-corrected chi connectivity index (χ0v) is 21.5. The van der Waals surface area contributed by atoms with E-state index in [-0.39, 0.29) is 40.5 Å². The largest absolute Gasteiger partial charge is 0.477 e. The SMILES string of the molecule is Cn1c(C(=O)O)cc(=O)c2c(CC[C@H]3CC[C@H](NCc4cnc5c(n4)NC(=O)CS5)CC3)c(F)cc(F)c21. The highest BCUT2D eigenvalue weighted by Crippen LogP contribution is 2.31. The van der Waals surface area contributed by atoms with Crippen molar-refractivity contribution >= 4 is 40.4 Å². The van der Waals surface area contributed by atoms with Crippen molar-refractivity contribution in [2.75, 3.05) is 11.1 Å². The molecule has 1 fully saturated rings. The Morgan fingerprint density at radius 1 is 1.21 bits per heavy atom. The molecule has 0 atom stereocenters. The van der Waals surface area contributed by atoms with E-state index in [2.05, 4.69) is 20.6 Å². The van der Waals surface area contributed by atoms with Gasteiger partial charge < -0.3 is 20.3 Å². The highest BCUT2D eigenvalue weighted by Gasteiger charge is 2.25. The normalized spacial score (nSPS) is 19.3. The highest BCUT2D eigenvalue weighted by molar-refractivity contribution is 8.00. The second-order valence-electron chi connectivity index (χ2n) is 9.79. The van der Waals surface area contributed by atoms with Crippen LogP contribution in [0.25, 0.3) is 10.9 Å². The topological polar surface area (TPSA) is 126 Å². The Kier molecular flexibility index (Phi) is 7.44. The van der Waals surface area contributed by atoms with E-state index < -0.39 is 23.0 Å². The van der Waals surface area contributed by atoms with E-state index in [1.165, 1.54) is 18.8 Å². The summed E-state index contributed by atoms with van der Waals surface area (Å²) in [4.78, 5) is 44.6. The predicted molar refractivity (Wildman–Crippen MR) is 138 cm³/mol. The van der Waals surface area contributed by atoms with E-state index in [0.29, 0.717) is 30.5 Å². The maximum absolute atomic E-state index is 14.8. The highest BCUT2D eigenvalue weighted by atomic mass is 32.2. The quantitative estimate of drug-likeness (QED) is 0.413. The average molecular weight is 544 g/mol. The zero-order chi connectivity index (χ0) is 27.0. The van der Waals surface area contributed by atoms with Crippen molar-refractivity contribution < 1.29 is 23.5 Å². The maximum Gasteiger partial charge on any atom is 0.352 e. The average Bonchev–Trinajstić information content (AvgIpc) is 2.89. The first-order valence-electron chi connectivity index (χ1n) is 12.5. The van der Waals surface area contributed by atoms with Gasteiger partial charge in [-0.1, -0.05) is 11.8 Å². The number of aromatic carboxylic acids is 1. The number of anilines is 1. The van der Waals surface area contributed by atoms with Gasteiger partial charge in [-0.05, 0) is 44.4 Å². The molecule has 0 spiro atoms. The van der Waals surface area contributed by atoms with Crippen LogP contribution in [0.15, 0.2) is 28.2 Å². The minimum absolute atomic E-state index is 0.0841. The van der Waals surface area contributed by atoms with E-state index in [1.807, 2.05) is 0 Å². The van der Waals surface area contributed by atoms with Gasteiger partial charge in [-0.15, -0.1) is 0 Å². The molecule has 1 aromatic carbocycles. The number of carboxylic acid groups (broad SMARTS) is 1. The smallest absolute Gasteiger partial charge is 0.352 e. The van der Waals surface area contributed by atoms with Crippen molar-refractivity contribution in [3.63, 3.8) is 0 Å². The summed E-state index contributed by atoms with van der Waals surface area (Å²) in [6.07, 6.45) is 6.30. The third-order valence-electron chi connectivity index (χ3n) is 7.34. The molecule has 38 heavy (non-hydrogen) atoms. The number of aryl methyl sites for hydroxylation is 2. The standard InChI is InChI=1S/C26H27F2N5O4S/c1-33-19(26(36)37)9-20(34)22-16(17(27)8-18(28)23(22)33)7-4-13-2-5-14(6-3-13)29-10-15-11-30-25-24(31-15)32-21(35)12-38-25/h8-9,11,13-14,29H,2-7,10,12H2,1H3,(H,36,37)(H,31,32,35)/t13-,14-. The van der Waals surface area contributed by atoms with Gasteiger partial charge in [-0.3, -0.25) is 9.59 Å². The monoisotopic (exact) mass is 543 g/mol. The van der Waals surface area contributed by atoms with Crippen LogP contribution in [0.5, 0.6) is 0 Å². The lowest BCUT2D eigenvalue weighted by Crippen LogP contribution is -2.33. The molecule has 1 aliphatic carbocycles. The maximum atomic E-state index is 14.8. The second kappa shape index (κ2) is 10.8. The lowest BCUT2D eigenvalue weighted by Gasteiger charge is -2.29. The van der Waals surface area contributed by atoms with Crippen molar-refractivity contribution in [3.05, 3.63) is 57.1 Å². The number of nitrogens with one attached hydrogen (secondary N) is 2. The zero-order valence-electron chi connectivity index (χ0n) is 20.7. The first-order chi connectivity index (χ1) is 18.2. The summed E-state index contributed by atoms with van der Waals surface area (Å²) >= 11 is 1.37. The Morgan fingerprint density at radius 2 is 1.97 bits per heavy atom. The van der Waals surface area contributed by atoms with Gasteiger partial charge in [0.25, 0.3) is 0 Å². The number of carbonyl (C=O) groups is 2. The molecule has 0 radical (unpaired) electrons. The molecular formula is C26H27F2N5O4S. The van der Waals surface area contributed by atoms with E-state index in [4.69, 9.17) is 0 Å². The van der Waals surface area contributed by atoms with Gasteiger partial charge in [0.2, 0.25) is 5.91 Å². The molecule has 3 aromatic rings. The molecule has 2 aromatic heterocycles. The van der Waals surface area contributed by atoms with Crippen LogP contribution in [0.1, 0.15) is 53.8 Å². The van der Waals surface area contributed by atoms with E-state index in [9.17, 15) is 28.3 Å². The van der Waals surface area contributed by atoms with Crippen molar-refractivity contribution in [1.82, 2.24) is 19.9 Å². The summed E-state index contributed by atoms with van der Waals surface area (Å²) in [6.45, 7) is 0.532. The van der Waals surface area contributed by atoms with E-state index in [0.717, 1.165) is 53.1 Å². The number of thioether (sulfide) groups is 1. The number of carbonyl (C=O) groups excluding carboxylic acids is 1. The summed E-state index contributed by atoms with van der Waals surface area (Å²) in [6, 6.07) is 1.94. The lowest BCUT2D eigenvalue weighted by molar-refractivity contribution is -0.113. The summed E-state index contributed by atoms with van der Waals surface area (Å²) in [7, 11) is 1.36. The third kappa shape index (κ3) is 5.28. The predicted octanol–water partition coefficient (Wildman–Crippen LogP) is 3.63. The first kappa shape index (κ1) is 26.2. The number of hydrogen-bond acceptors (Lipinski definition) is 7. The molecule has 12 heteroatoms. The summed E-state index contributed by atoms with van der Waals surface area (Å²) in [5.74, 6) is -2.01. The molecule has 1 amide bonds. The minimum Gasteiger partial charge on any atom is -0.477 e. The number of fused-ring (bicyclic) bond motifs is 2. The van der Waals surface area contributed by atoms with Gasteiger partial charge in [0, 0.05) is 37.3 Å². The van der Waals surface area contributed by atoms with Crippen LogP contribution in [0.4, 0.5) is 14.6 Å². The molecule has 3 heterocycles. The third-order valence-corrected chi connectivity index (χ3v) is 8.32. The number of nitrogens with zero attached hydrogens (tertiary/aromatic N) is 3. The molecule has 1 saturated carbocycles. The van der Waals surface area contributed by atoms with Gasteiger partial charge in [-0.25, -0.2) is 23.5 Å². The molecule has 0 bridgehead atoms. The number of benzene rings is 1. The Labute approximate surface area is 221 Å². The van der Waals surface area contributed by atoms with Crippen LogP contribution >= 0.6 is 11.8 Å². The molecular weight excluding hydrogens is 516 g/mol. The van der Waals surface area contributed by atoms with Crippen molar-refractivity contribution in [2.45, 2.75) is 56.1 Å². The van der Waals surface area contributed by atoms with Crippen LogP contribution in [-0.4, -0.2) is 43.3 Å². The van der Waals surface area contributed by atoms with Crippen LogP contribution in [-0.2, 0) is 24.8 Å². The first-order valence-corrected chi connectivity index (χ1v) is 13.5. The van der Waals surface area contributed by atoms with Gasteiger partial charge in [0.05, 0.1) is 28.5 Å². The molecule has 3 N–H and O–H groups in total. The van der Waals surface area contributed by atoms with Gasteiger partial charge in [0.15, 0.2) is 17.1 Å². The number of aromatic nitrogens is 3. The van der Waals surface area contributed by atoms with Crippen LogP contribution in [0.3, 0.4) is 0 Å². The van der Waals surface area contributed by atoms with Crippen LogP contribution in [0, 0.1) is 17.6 Å². The van der Waals surface area contributed by atoms with Gasteiger partial charge >= 0.3 is 5.97 Å². The van der Waals surface area contributed by atoms with Crippen LogP contribution in [0.2, 0.25) is 0 Å².